The van der Waals surface area contributed by atoms with Gasteiger partial charge in [-0.3, -0.25) is 15.1 Å². The number of nitrogens with one attached hydrogen (secondary N) is 1. The van der Waals surface area contributed by atoms with Gasteiger partial charge in [0.15, 0.2) is 5.11 Å². The number of ether oxygens (including phenoxy) is 1. The standard InChI is InChI=1S/C27H25N5O4S/c1-16-14-19(17(2)30(16)22-12-11-18(32(34)35)15-24(22)36-3)26-25(20-8-6-7-13-28-20)29-27(37)31(26)21-9-4-5-10-23(21)33/h4-15,25-26,33H,1-3H3,(H,29,37)/t25-,26-/m1/s1. The van der Waals surface area contributed by atoms with Crippen molar-refractivity contribution in [3.8, 4) is 17.2 Å². The van der Waals surface area contributed by atoms with Gasteiger partial charge in [-0.25, -0.2) is 0 Å². The topological polar surface area (TPSA) is 106 Å². The summed E-state index contributed by atoms with van der Waals surface area (Å²) < 4.78 is 7.55. The Bertz CT molecular complexity index is 1500. The lowest BCUT2D eigenvalue weighted by Gasteiger charge is -2.28. The summed E-state index contributed by atoms with van der Waals surface area (Å²) >= 11 is 5.78. The highest BCUT2D eigenvalue weighted by Crippen LogP contribution is 2.46. The van der Waals surface area contributed by atoms with Crippen LogP contribution in [0, 0.1) is 24.0 Å². The molecule has 188 valence electrons. The lowest BCUT2D eigenvalue weighted by Crippen LogP contribution is -2.29. The molecule has 2 N–H and O–H groups in total. The Labute approximate surface area is 219 Å². The molecule has 0 amide bonds. The number of aryl methyl sites for hydroxylation is 1. The number of hydrogen-bond acceptors (Lipinski definition) is 6. The molecule has 0 spiro atoms. The van der Waals surface area contributed by atoms with Gasteiger partial charge in [-0.15, -0.1) is 0 Å². The fourth-order valence-corrected chi connectivity index (χ4v) is 5.36. The van der Waals surface area contributed by atoms with E-state index in [0.29, 0.717) is 22.2 Å². The maximum atomic E-state index is 11.3. The van der Waals surface area contributed by atoms with Crippen LogP contribution in [-0.4, -0.2) is 31.8 Å². The zero-order valence-corrected chi connectivity index (χ0v) is 21.3. The number of nitro groups is 1. The number of aromatic hydroxyl groups is 1. The quantitative estimate of drug-likeness (QED) is 0.203. The van der Waals surface area contributed by atoms with E-state index >= 15 is 0 Å². The zero-order valence-electron chi connectivity index (χ0n) is 20.5. The van der Waals surface area contributed by atoms with Crippen LogP contribution in [0.5, 0.6) is 11.5 Å². The first-order valence-corrected chi connectivity index (χ1v) is 12.0. The SMILES string of the molecule is COc1cc([N+](=O)[O-])ccc1-n1c(C)cc([C@@H]2[C@@H](c3ccccn3)NC(=S)N2c2ccccc2O)c1C. The van der Waals surface area contributed by atoms with Crippen molar-refractivity contribution in [2.45, 2.75) is 25.9 Å². The van der Waals surface area contributed by atoms with Crippen molar-refractivity contribution in [2.24, 2.45) is 0 Å². The maximum absolute atomic E-state index is 11.3. The molecular formula is C27H25N5O4S. The van der Waals surface area contributed by atoms with Gasteiger partial charge in [0.25, 0.3) is 5.69 Å². The van der Waals surface area contributed by atoms with Gasteiger partial charge in [0.1, 0.15) is 11.5 Å². The number of pyridine rings is 1. The number of anilines is 1. The Morgan fingerprint density at radius 1 is 1.08 bits per heavy atom. The van der Waals surface area contributed by atoms with Crippen LogP contribution in [0.4, 0.5) is 11.4 Å². The molecule has 0 bridgehead atoms. The van der Waals surface area contributed by atoms with Crippen molar-refractivity contribution >= 4 is 28.7 Å². The van der Waals surface area contributed by atoms with Crippen LogP contribution >= 0.6 is 12.2 Å². The second-order valence-corrected chi connectivity index (χ2v) is 9.15. The minimum Gasteiger partial charge on any atom is -0.506 e. The van der Waals surface area contributed by atoms with E-state index in [2.05, 4.69) is 16.4 Å². The molecule has 1 saturated heterocycles. The van der Waals surface area contributed by atoms with Crippen molar-refractivity contribution < 1.29 is 14.8 Å². The van der Waals surface area contributed by atoms with E-state index in [1.54, 1.807) is 24.4 Å². The number of nitro benzene ring substituents is 1. The number of rotatable bonds is 6. The molecular weight excluding hydrogens is 490 g/mol. The Morgan fingerprint density at radius 2 is 1.84 bits per heavy atom. The van der Waals surface area contributed by atoms with Gasteiger partial charge in [0.05, 0.1) is 47.3 Å². The van der Waals surface area contributed by atoms with E-state index in [1.807, 2.05) is 53.6 Å². The molecule has 0 saturated carbocycles. The molecule has 0 unspecified atom stereocenters. The summed E-state index contributed by atoms with van der Waals surface area (Å²) in [5.41, 5.74) is 4.81. The maximum Gasteiger partial charge on any atom is 0.273 e. The number of hydrogen-bond donors (Lipinski definition) is 2. The first-order valence-electron chi connectivity index (χ1n) is 11.6. The molecule has 37 heavy (non-hydrogen) atoms. The van der Waals surface area contributed by atoms with Gasteiger partial charge in [0.2, 0.25) is 0 Å². The van der Waals surface area contributed by atoms with Crippen molar-refractivity contribution in [3.05, 3.63) is 106 Å². The van der Waals surface area contributed by atoms with Crippen molar-refractivity contribution in [2.75, 3.05) is 12.0 Å². The highest BCUT2D eigenvalue weighted by Gasteiger charge is 2.43. The van der Waals surface area contributed by atoms with E-state index in [1.165, 1.54) is 19.2 Å². The van der Waals surface area contributed by atoms with Crippen LogP contribution in [0.2, 0.25) is 0 Å². The second kappa shape index (κ2) is 9.55. The number of nitrogens with zero attached hydrogens (tertiary/aromatic N) is 4. The largest absolute Gasteiger partial charge is 0.506 e. The average Bonchev–Trinajstić information content (AvgIpc) is 3.39. The Balaban J connectivity index is 1.70. The predicted molar refractivity (Wildman–Crippen MR) is 144 cm³/mol. The number of aromatic nitrogens is 2. The number of phenols is 1. The highest BCUT2D eigenvalue weighted by atomic mass is 32.1. The summed E-state index contributed by atoms with van der Waals surface area (Å²) in [5.74, 6) is 0.505. The minimum absolute atomic E-state index is 0.0467. The van der Waals surface area contributed by atoms with Crippen LogP contribution in [0.25, 0.3) is 5.69 Å². The smallest absolute Gasteiger partial charge is 0.273 e. The van der Waals surface area contributed by atoms with Gasteiger partial charge in [-0.05, 0) is 68.0 Å². The van der Waals surface area contributed by atoms with Gasteiger partial charge < -0.3 is 24.6 Å². The number of thiocarbonyl (C=S) groups is 1. The van der Waals surface area contributed by atoms with E-state index in [0.717, 1.165) is 22.6 Å². The molecule has 10 heteroatoms. The van der Waals surface area contributed by atoms with Crippen molar-refractivity contribution in [1.82, 2.24) is 14.9 Å². The zero-order chi connectivity index (χ0) is 26.3. The van der Waals surface area contributed by atoms with Gasteiger partial charge >= 0.3 is 0 Å². The summed E-state index contributed by atoms with van der Waals surface area (Å²) in [6, 6.07) is 18.8. The normalized spacial score (nSPS) is 17.1. The molecule has 9 nitrogen and oxygen atoms in total. The van der Waals surface area contributed by atoms with Crippen LogP contribution in [0.1, 0.15) is 34.7 Å². The molecule has 2 aromatic heterocycles. The average molecular weight is 516 g/mol. The Morgan fingerprint density at radius 3 is 2.51 bits per heavy atom. The van der Waals surface area contributed by atoms with Gasteiger partial charge in [-0.1, -0.05) is 18.2 Å². The first-order chi connectivity index (χ1) is 17.8. The first kappa shape index (κ1) is 24.3. The third kappa shape index (κ3) is 4.15. The summed E-state index contributed by atoms with van der Waals surface area (Å²) in [4.78, 5) is 17.4. The number of para-hydroxylation sites is 2. The van der Waals surface area contributed by atoms with Crippen molar-refractivity contribution in [3.63, 3.8) is 0 Å². The number of non-ortho nitro benzene ring substituents is 1. The van der Waals surface area contributed by atoms with Crippen LogP contribution in [0.3, 0.4) is 0 Å². The molecule has 2 aromatic carbocycles. The molecule has 3 heterocycles. The molecule has 1 aliphatic heterocycles. The lowest BCUT2D eigenvalue weighted by atomic mass is 9.96. The van der Waals surface area contributed by atoms with Gasteiger partial charge in [0, 0.05) is 23.7 Å². The van der Waals surface area contributed by atoms with Crippen LogP contribution in [0.15, 0.2) is 72.9 Å². The minimum atomic E-state index is -0.445. The fraction of sp³-hybridized carbons (Fsp3) is 0.185. The molecule has 0 radical (unpaired) electrons. The number of phenolic OH excluding ortho intramolecular Hbond substituents is 1. The second-order valence-electron chi connectivity index (χ2n) is 8.76. The predicted octanol–water partition coefficient (Wildman–Crippen LogP) is 5.29. The Kier molecular flexibility index (Phi) is 6.26. The fourth-order valence-electron chi connectivity index (χ4n) is 5.02. The summed E-state index contributed by atoms with van der Waals surface area (Å²) in [6.45, 7) is 3.96. The van der Waals surface area contributed by atoms with E-state index in [4.69, 9.17) is 17.0 Å². The summed E-state index contributed by atoms with van der Waals surface area (Å²) in [7, 11) is 1.49. The third-order valence-corrected chi connectivity index (χ3v) is 6.96. The molecule has 1 fully saturated rings. The van der Waals surface area contributed by atoms with Gasteiger partial charge in [-0.2, -0.15) is 0 Å². The van der Waals surface area contributed by atoms with Crippen LogP contribution in [-0.2, 0) is 0 Å². The van der Waals surface area contributed by atoms with E-state index in [9.17, 15) is 15.2 Å². The molecule has 5 rings (SSSR count). The third-order valence-electron chi connectivity index (χ3n) is 6.64. The molecule has 2 atom stereocenters. The van der Waals surface area contributed by atoms with Crippen LogP contribution < -0.4 is 15.0 Å². The summed E-state index contributed by atoms with van der Waals surface area (Å²) in [5, 5.41) is 25.9. The van der Waals surface area contributed by atoms with E-state index < -0.39 is 4.92 Å². The van der Waals surface area contributed by atoms with E-state index in [-0.39, 0.29) is 23.5 Å². The Hall–Kier alpha value is -4.44. The highest BCUT2D eigenvalue weighted by molar-refractivity contribution is 7.80. The van der Waals surface area contributed by atoms with Crippen molar-refractivity contribution in [1.29, 1.82) is 0 Å². The lowest BCUT2D eigenvalue weighted by molar-refractivity contribution is -0.384. The molecule has 1 aliphatic rings. The molecule has 4 aromatic rings. The number of methoxy groups -OCH3 is 1. The number of benzene rings is 2. The monoisotopic (exact) mass is 515 g/mol. The summed E-state index contributed by atoms with van der Waals surface area (Å²) in [6.07, 6.45) is 1.74. The molecule has 0 aliphatic carbocycles.